The van der Waals surface area contributed by atoms with E-state index in [0.717, 1.165) is 17.2 Å². The average Bonchev–Trinajstić information content (AvgIpc) is 2.60. The highest BCUT2D eigenvalue weighted by atomic mass is 19.3. The number of allylic oxidation sites excluding steroid dienone is 1. The van der Waals surface area contributed by atoms with Crippen molar-refractivity contribution in [2.45, 2.75) is 57.8 Å². The number of hydrogen-bond acceptors (Lipinski definition) is 3. The van der Waals surface area contributed by atoms with Crippen LogP contribution in [0, 0.1) is 5.92 Å². The minimum absolute atomic E-state index is 0.377. The first-order valence-electron chi connectivity index (χ1n) is 6.86. The molecule has 0 unspecified atom stereocenters. The van der Waals surface area contributed by atoms with Crippen molar-refractivity contribution in [1.29, 1.82) is 0 Å². The van der Waals surface area contributed by atoms with E-state index < -0.39 is 29.6 Å². The lowest BCUT2D eigenvalue weighted by atomic mass is 9.82. The Hall–Kier alpha value is -1.30. The fraction of sp³-hybridized carbons (Fsp3) is 0.714. The normalized spacial score (nSPS) is 31.9. The van der Waals surface area contributed by atoms with E-state index >= 15 is 0 Å². The van der Waals surface area contributed by atoms with Gasteiger partial charge in [-0.1, -0.05) is 20.8 Å². The van der Waals surface area contributed by atoms with Gasteiger partial charge in [-0.2, -0.15) is 0 Å². The number of alkyl halides is 2. The van der Waals surface area contributed by atoms with Crippen LogP contribution in [0.1, 0.15) is 40.0 Å². The van der Waals surface area contributed by atoms with Gasteiger partial charge in [0.25, 0.3) is 5.92 Å². The number of amides is 1. The van der Waals surface area contributed by atoms with Gasteiger partial charge in [-0.05, 0) is 18.9 Å². The van der Waals surface area contributed by atoms with Crippen molar-refractivity contribution < 1.29 is 23.1 Å². The summed E-state index contributed by atoms with van der Waals surface area (Å²) in [6.45, 7) is 5.06. The molecule has 6 heteroatoms. The van der Waals surface area contributed by atoms with Gasteiger partial charge in [-0.3, -0.25) is 14.5 Å². The van der Waals surface area contributed by atoms with Gasteiger partial charge >= 0.3 is 0 Å². The lowest BCUT2D eigenvalue weighted by molar-refractivity contribution is -0.174. The van der Waals surface area contributed by atoms with Gasteiger partial charge in [-0.15, -0.1) is 0 Å². The van der Waals surface area contributed by atoms with Crippen LogP contribution in [0.4, 0.5) is 8.78 Å². The topological polar surface area (TPSA) is 46.6 Å². The first kappa shape index (κ1) is 15.1. The van der Waals surface area contributed by atoms with Crippen LogP contribution in [0.25, 0.3) is 0 Å². The third-order valence-corrected chi connectivity index (χ3v) is 4.53. The summed E-state index contributed by atoms with van der Waals surface area (Å²) in [5.41, 5.74) is -0.941. The van der Waals surface area contributed by atoms with E-state index in [1.807, 2.05) is 0 Å². The summed E-state index contributed by atoms with van der Waals surface area (Å²) in [5, 5.41) is 0. The summed E-state index contributed by atoms with van der Waals surface area (Å²) >= 11 is 0. The molecule has 4 nitrogen and oxygen atoms in total. The maximum atomic E-state index is 14.5. The van der Waals surface area contributed by atoms with Crippen LogP contribution in [-0.2, 0) is 14.3 Å². The van der Waals surface area contributed by atoms with E-state index in [9.17, 15) is 18.4 Å². The first-order chi connectivity index (χ1) is 9.28. The van der Waals surface area contributed by atoms with Crippen molar-refractivity contribution in [2.75, 3.05) is 0 Å². The molecule has 2 rings (SSSR count). The van der Waals surface area contributed by atoms with Crippen LogP contribution in [0.3, 0.4) is 0 Å². The number of rotatable bonds is 3. The molecule has 0 aliphatic carbocycles. The van der Waals surface area contributed by atoms with Crippen molar-refractivity contribution >= 4 is 11.7 Å². The van der Waals surface area contributed by atoms with Gasteiger partial charge in [0, 0.05) is 6.20 Å². The largest absolute Gasteiger partial charge is 0.345 e. The second kappa shape index (κ2) is 4.91. The number of hydrogen-bond donors (Lipinski definition) is 0. The quantitative estimate of drug-likeness (QED) is 0.749. The van der Waals surface area contributed by atoms with Gasteiger partial charge < -0.3 is 4.74 Å². The maximum absolute atomic E-state index is 14.5. The predicted molar refractivity (Wildman–Crippen MR) is 67.9 cm³/mol. The molecule has 112 valence electrons. The molecule has 0 bridgehead atoms. The average molecular weight is 287 g/mol. The molecule has 2 aliphatic heterocycles. The zero-order chi connectivity index (χ0) is 15.1. The molecule has 1 fully saturated rings. The summed E-state index contributed by atoms with van der Waals surface area (Å²) in [5.74, 6) is -5.16. The molecule has 2 atom stereocenters. The van der Waals surface area contributed by atoms with Crippen molar-refractivity contribution in [1.82, 2.24) is 4.90 Å². The Balaban J connectivity index is 2.35. The molecule has 0 aromatic carbocycles. The Morgan fingerprint density at radius 2 is 1.95 bits per heavy atom. The maximum Gasteiger partial charge on any atom is 0.297 e. The Morgan fingerprint density at radius 1 is 1.35 bits per heavy atom. The van der Waals surface area contributed by atoms with Gasteiger partial charge in [-0.25, -0.2) is 8.78 Å². The van der Waals surface area contributed by atoms with Crippen LogP contribution in [0.5, 0.6) is 0 Å². The summed E-state index contributed by atoms with van der Waals surface area (Å²) in [6.07, 6.45) is 1.13. The number of halogens is 2. The molecule has 0 aromatic heterocycles. The third kappa shape index (κ3) is 2.06. The molecule has 0 radical (unpaired) electrons. The number of ketones is 1. The standard InChI is InChI=1S/C14H19F2NO3/c1-4-13(5-2)9(3)14(15,16)12(20-13)17-7-6-10(18)8-11(17)19/h6-7,9,12H,4-5,8H2,1-3H3/t9-,12-/m1/s1. The van der Waals surface area contributed by atoms with E-state index in [2.05, 4.69) is 0 Å². The minimum Gasteiger partial charge on any atom is -0.345 e. The lowest BCUT2D eigenvalue weighted by Crippen LogP contribution is -2.48. The van der Waals surface area contributed by atoms with Crippen molar-refractivity contribution in [3.63, 3.8) is 0 Å². The van der Waals surface area contributed by atoms with E-state index in [4.69, 9.17) is 4.74 Å². The van der Waals surface area contributed by atoms with Crippen molar-refractivity contribution in [3.05, 3.63) is 12.3 Å². The summed E-state index contributed by atoms with van der Waals surface area (Å²) < 4.78 is 34.6. The summed E-state index contributed by atoms with van der Waals surface area (Å²) in [4.78, 5) is 23.8. The molecule has 0 aromatic rings. The SMILES string of the molecule is CCC1(CC)O[C@@H](N2C=CC(=O)CC2=O)C(F)(F)[C@@H]1C. The number of carbonyl (C=O) groups excluding carboxylic acids is 2. The van der Waals surface area contributed by atoms with Gasteiger partial charge in [0.2, 0.25) is 12.1 Å². The molecule has 1 amide bonds. The van der Waals surface area contributed by atoms with Crippen molar-refractivity contribution in [2.24, 2.45) is 5.92 Å². The van der Waals surface area contributed by atoms with Crippen LogP contribution in [0.2, 0.25) is 0 Å². The molecular weight excluding hydrogens is 268 g/mol. The third-order valence-electron chi connectivity index (χ3n) is 4.53. The van der Waals surface area contributed by atoms with Crippen molar-refractivity contribution in [3.8, 4) is 0 Å². The van der Waals surface area contributed by atoms with E-state index in [1.165, 1.54) is 6.92 Å². The Bertz CT molecular complexity index is 457. The van der Waals surface area contributed by atoms with Crippen LogP contribution < -0.4 is 0 Å². The lowest BCUT2D eigenvalue weighted by Gasteiger charge is -2.32. The molecule has 2 heterocycles. The molecule has 20 heavy (non-hydrogen) atoms. The molecule has 1 saturated heterocycles. The summed E-state index contributed by atoms with van der Waals surface area (Å²) in [6, 6.07) is 0. The zero-order valence-electron chi connectivity index (χ0n) is 11.9. The van der Waals surface area contributed by atoms with Crippen LogP contribution in [0.15, 0.2) is 12.3 Å². The highest BCUT2D eigenvalue weighted by molar-refractivity contribution is 6.06. The molecule has 0 N–H and O–H groups in total. The van der Waals surface area contributed by atoms with Crippen LogP contribution >= 0.6 is 0 Å². The second-order valence-electron chi connectivity index (χ2n) is 5.40. The predicted octanol–water partition coefficient (Wildman–Crippen LogP) is 2.49. The number of carbonyl (C=O) groups is 2. The highest BCUT2D eigenvalue weighted by Gasteiger charge is 2.64. The minimum atomic E-state index is -3.15. The Morgan fingerprint density at radius 3 is 2.40 bits per heavy atom. The molecular formula is C14H19F2NO3. The van der Waals surface area contributed by atoms with E-state index in [0.29, 0.717) is 12.8 Å². The summed E-state index contributed by atoms with van der Waals surface area (Å²) in [7, 11) is 0. The number of ether oxygens (including phenoxy) is 1. The second-order valence-corrected chi connectivity index (χ2v) is 5.40. The number of nitrogens with zero attached hydrogens (tertiary/aromatic N) is 1. The highest BCUT2D eigenvalue weighted by Crippen LogP contribution is 2.51. The monoisotopic (exact) mass is 287 g/mol. The smallest absolute Gasteiger partial charge is 0.297 e. The van der Waals surface area contributed by atoms with E-state index in [1.54, 1.807) is 13.8 Å². The fourth-order valence-corrected chi connectivity index (χ4v) is 2.99. The Kier molecular flexibility index (Phi) is 3.71. The zero-order valence-corrected chi connectivity index (χ0v) is 11.9. The molecule has 2 aliphatic rings. The molecule has 0 spiro atoms. The fourth-order valence-electron chi connectivity index (χ4n) is 2.99. The first-order valence-corrected chi connectivity index (χ1v) is 6.86. The van der Waals surface area contributed by atoms with Gasteiger partial charge in [0.15, 0.2) is 5.78 Å². The Labute approximate surface area is 116 Å². The van der Waals surface area contributed by atoms with E-state index in [-0.39, 0.29) is 12.2 Å². The van der Waals surface area contributed by atoms with Crippen LogP contribution in [-0.4, -0.2) is 34.3 Å². The molecule has 0 saturated carbocycles. The van der Waals surface area contributed by atoms with Gasteiger partial charge in [0.1, 0.15) is 0 Å². The van der Waals surface area contributed by atoms with Gasteiger partial charge in [0.05, 0.1) is 17.9 Å².